The molecule has 598 valence electrons. The molecule has 108 heavy (non-hydrogen) atoms. The van der Waals surface area contributed by atoms with E-state index in [0.29, 0.717) is 56.0 Å². The Morgan fingerprint density at radius 3 is 1.53 bits per heavy atom. The van der Waals surface area contributed by atoms with Gasteiger partial charge in [-0.25, -0.2) is 20.1 Å². The minimum Gasteiger partial charge on any atom is -0.466 e. The SMILES string of the molecule is Cc1ncsc1-c1ccc(CNC(=O)C2CC(O)CN2C(=O)C(NC(=O)CCOCCCC(=O)OC(C)(C)C)C(C)(C)C)cc1.Cc1ncsc1-c1ccc(CNC(=O)C2CC(O)CN2C(=O)C(NC(=O)CCOCCCC(=O)OCCCC2OC3OC(C)(OO)CCC4C(C)CCC(C2C)C34)C(C)(C)C)cc1. The van der Waals surface area contributed by atoms with Crippen molar-refractivity contribution in [1.29, 1.82) is 0 Å². The molecule has 9 rings (SSSR count). The molecule has 5 aliphatic rings. The first-order chi connectivity index (χ1) is 51.0. The van der Waals surface area contributed by atoms with Gasteiger partial charge in [-0.05, 0) is 137 Å². The molecule has 6 amide bonds. The molecule has 5 fully saturated rings. The summed E-state index contributed by atoms with van der Waals surface area (Å²) in [6.45, 7) is 28.3. The highest BCUT2D eigenvalue weighted by atomic mass is 32.1. The van der Waals surface area contributed by atoms with Gasteiger partial charge in [0.05, 0.1) is 70.3 Å². The number of thiazole rings is 2. The minimum atomic E-state index is -1.09. The van der Waals surface area contributed by atoms with Crippen LogP contribution < -0.4 is 21.3 Å². The van der Waals surface area contributed by atoms with Gasteiger partial charge in [0.1, 0.15) is 29.8 Å². The van der Waals surface area contributed by atoms with E-state index >= 15 is 0 Å². The molecule has 2 aromatic heterocycles. The Bertz CT molecular complexity index is 3630. The molecule has 4 aromatic rings. The zero-order valence-corrected chi connectivity index (χ0v) is 67.2. The van der Waals surface area contributed by atoms with Gasteiger partial charge in [-0.1, -0.05) is 110 Å². The number of carbonyl (C=O) groups is 8. The van der Waals surface area contributed by atoms with Crippen molar-refractivity contribution in [2.45, 2.75) is 260 Å². The Hall–Kier alpha value is -6.86. The van der Waals surface area contributed by atoms with Crippen LogP contribution in [0.1, 0.15) is 195 Å². The number of hydrogen-bond acceptors (Lipinski definition) is 22. The van der Waals surface area contributed by atoms with Crippen LogP contribution in [0.5, 0.6) is 0 Å². The van der Waals surface area contributed by atoms with Gasteiger partial charge in [0.15, 0.2) is 6.29 Å². The molecule has 0 spiro atoms. The van der Waals surface area contributed by atoms with E-state index in [-0.39, 0.29) is 139 Å². The predicted octanol–water partition coefficient (Wildman–Crippen LogP) is 10.1. The summed E-state index contributed by atoms with van der Waals surface area (Å²) in [7, 11) is 0. The first-order valence-electron chi connectivity index (χ1n) is 38.3. The third-order valence-corrected chi connectivity index (χ3v) is 23.0. The third-order valence-electron chi connectivity index (χ3n) is 21.1. The largest absolute Gasteiger partial charge is 0.466 e. The number of hydrogen-bond donors (Lipinski definition) is 7. The van der Waals surface area contributed by atoms with Crippen LogP contribution in [0.2, 0.25) is 0 Å². The van der Waals surface area contributed by atoms with Crippen LogP contribution in [0.4, 0.5) is 0 Å². The van der Waals surface area contributed by atoms with Gasteiger partial charge in [0.25, 0.3) is 0 Å². The van der Waals surface area contributed by atoms with Gasteiger partial charge in [0, 0.05) is 90.3 Å². The molecule has 0 bridgehead atoms. The zero-order chi connectivity index (χ0) is 78.8. The van der Waals surface area contributed by atoms with Gasteiger partial charge in [-0.2, -0.15) is 0 Å². The monoisotopic (exact) mass is 1540 g/mol. The van der Waals surface area contributed by atoms with Gasteiger partial charge in [-0.3, -0.25) is 38.4 Å². The van der Waals surface area contributed by atoms with E-state index in [9.17, 15) is 53.8 Å². The van der Waals surface area contributed by atoms with Gasteiger partial charge in [0.2, 0.25) is 41.2 Å². The summed E-state index contributed by atoms with van der Waals surface area (Å²) < 4.78 is 34.8. The number of ether oxygens (including phenoxy) is 6. The summed E-state index contributed by atoms with van der Waals surface area (Å²) in [6, 6.07) is 12.1. The van der Waals surface area contributed by atoms with Gasteiger partial charge >= 0.3 is 11.9 Å². The molecular weight excluding hydrogens is 1430 g/mol. The quantitative estimate of drug-likeness (QED) is 0.0107. The van der Waals surface area contributed by atoms with E-state index in [2.05, 4.69) is 45.1 Å². The lowest BCUT2D eigenvalue weighted by atomic mass is 9.60. The van der Waals surface area contributed by atoms with E-state index in [1.165, 1.54) is 16.2 Å². The number of esters is 2. The second-order valence-corrected chi connectivity index (χ2v) is 34.7. The summed E-state index contributed by atoms with van der Waals surface area (Å²) in [5.41, 5.74) is 7.56. The van der Waals surface area contributed by atoms with E-state index in [0.717, 1.165) is 62.7 Å². The lowest BCUT2D eigenvalue weighted by Crippen LogP contribution is -2.57. The fraction of sp³-hybridized carbons (Fsp3) is 0.675. The summed E-state index contributed by atoms with van der Waals surface area (Å²) >= 11 is 3.15. The van der Waals surface area contributed by atoms with Crippen molar-refractivity contribution < 1.29 is 87.1 Å². The van der Waals surface area contributed by atoms with Gasteiger partial charge in [-0.15, -0.1) is 22.7 Å². The highest BCUT2D eigenvalue weighted by Gasteiger charge is 2.55. The summed E-state index contributed by atoms with van der Waals surface area (Å²) in [6.07, 6.45) is 4.53. The fourth-order valence-corrected chi connectivity index (χ4v) is 16.7. The van der Waals surface area contributed by atoms with Crippen molar-refractivity contribution in [3.05, 3.63) is 82.1 Å². The molecule has 6 heterocycles. The maximum absolute atomic E-state index is 14.0. The summed E-state index contributed by atoms with van der Waals surface area (Å²) in [5.74, 6) is -1.96. The number of aliphatic hydroxyl groups excluding tert-OH is 2. The average molecular weight is 1540 g/mol. The smallest absolute Gasteiger partial charge is 0.306 e. The van der Waals surface area contributed by atoms with Crippen molar-refractivity contribution >= 4 is 70.1 Å². The maximum atomic E-state index is 14.0. The number of amides is 6. The number of aryl methyl sites for hydroxylation is 2. The number of aliphatic hydroxyl groups is 2. The molecule has 7 N–H and O–H groups in total. The fourth-order valence-electron chi connectivity index (χ4n) is 15.1. The van der Waals surface area contributed by atoms with Crippen molar-refractivity contribution in [2.75, 3.05) is 46.1 Å². The second-order valence-electron chi connectivity index (χ2n) is 33.0. The van der Waals surface area contributed by atoms with Crippen LogP contribution in [0.25, 0.3) is 20.9 Å². The lowest BCUT2D eigenvalue weighted by molar-refractivity contribution is -0.435. The molecule has 1 saturated carbocycles. The number of nitrogens with one attached hydrogen (secondary N) is 4. The second kappa shape index (κ2) is 39.4. The van der Waals surface area contributed by atoms with Crippen LogP contribution >= 0.6 is 22.7 Å². The number of benzene rings is 2. The van der Waals surface area contributed by atoms with Crippen molar-refractivity contribution in [2.24, 2.45) is 40.4 Å². The van der Waals surface area contributed by atoms with Crippen LogP contribution in [0, 0.1) is 54.3 Å². The summed E-state index contributed by atoms with van der Waals surface area (Å²) in [4.78, 5) is 123. The molecule has 0 radical (unpaired) electrons. The third kappa shape index (κ3) is 24.8. The first kappa shape index (κ1) is 86.7. The molecule has 4 aliphatic heterocycles. The summed E-state index contributed by atoms with van der Waals surface area (Å²) in [5, 5.41) is 42.1. The molecule has 28 heteroatoms. The molecule has 1 aliphatic carbocycles. The van der Waals surface area contributed by atoms with E-state index in [4.69, 9.17) is 33.3 Å². The number of nitrogens with zero attached hydrogens (tertiary/aromatic N) is 4. The number of rotatable bonds is 31. The highest BCUT2D eigenvalue weighted by molar-refractivity contribution is 7.13. The molecule has 26 nitrogen and oxygen atoms in total. The Kier molecular flexibility index (Phi) is 31.6. The van der Waals surface area contributed by atoms with E-state index < -0.39 is 76.7 Å². The van der Waals surface area contributed by atoms with Crippen LogP contribution in [-0.2, 0) is 84.8 Å². The van der Waals surface area contributed by atoms with Crippen LogP contribution in [0.3, 0.4) is 0 Å². The Balaban J connectivity index is 0.000000288. The standard InChI is InChI=1S/C47H70N4O11S.C33H48N4O7S/c1-28-12-17-35-29(2)37(60-45-40(35)34(28)18-20-47(7,61-45)62-57)10-8-22-59-39(54)11-9-21-58-23-19-38(53)50-42(46(4,5)6)44(56)51-26-33(52)24-36(51)43(55)48-25-31-13-15-32(16-14-31)41-30(3)49-27-63-41;1-21-28(45-20-35-21)23-12-10-22(11-13-23)18-34-30(41)25-17-24(38)19-37(25)31(42)29(32(2,3)4)36-26(39)14-16-43-15-8-9-27(40)44-33(5,6)7/h13-16,27-29,33-37,40,42,45,52,57H,8-12,17-26H2,1-7H3,(H,48,55)(H,50,53);10-13,20,24-25,29,38H,8-9,14-19H2,1-7H3,(H,34,41)(H,36,39). The first-order valence-corrected chi connectivity index (χ1v) is 40.1. The topological polar surface area (TPSA) is 342 Å². The highest BCUT2D eigenvalue weighted by Crippen LogP contribution is 2.54. The number of carbonyl (C=O) groups excluding carboxylic acids is 8. The predicted molar refractivity (Wildman–Crippen MR) is 408 cm³/mol. The van der Waals surface area contributed by atoms with E-state index in [1.807, 2.05) is 136 Å². The normalized spacial score (nSPS) is 24.8. The molecular formula is C80H118N8O18S2. The Labute approximate surface area is 644 Å². The van der Waals surface area contributed by atoms with E-state index in [1.54, 1.807) is 29.6 Å². The Morgan fingerprint density at radius 1 is 0.620 bits per heavy atom. The number of aromatic nitrogens is 2. The average Bonchev–Trinajstić information content (AvgIpc) is 1.43. The number of likely N-dealkylation sites (tertiary alicyclic amines) is 2. The molecule has 14 atom stereocenters. The van der Waals surface area contributed by atoms with Crippen LogP contribution in [0.15, 0.2) is 59.6 Å². The Morgan fingerprint density at radius 2 is 1.09 bits per heavy atom. The zero-order valence-electron chi connectivity index (χ0n) is 65.6. The van der Waals surface area contributed by atoms with Crippen molar-refractivity contribution in [3.8, 4) is 20.9 Å². The van der Waals surface area contributed by atoms with Gasteiger partial charge < -0.3 is 69.7 Å². The lowest BCUT2D eigenvalue weighted by Gasteiger charge is -2.52. The van der Waals surface area contributed by atoms with Crippen LogP contribution in [-0.4, -0.2) is 189 Å². The maximum Gasteiger partial charge on any atom is 0.306 e. The molecule has 4 saturated heterocycles. The number of β-amino-alcohol motifs (C(OH)–C–C–N with tert-alkyl or cyclic N) is 2. The molecule has 2 aromatic carbocycles. The molecule has 14 unspecified atom stereocenters. The minimum absolute atomic E-state index is 0.000686. The van der Waals surface area contributed by atoms with Crippen molar-refractivity contribution in [3.63, 3.8) is 0 Å². The van der Waals surface area contributed by atoms with Crippen molar-refractivity contribution in [1.82, 2.24) is 41.0 Å².